The number of fused-ring (bicyclic) bond motifs is 1. The van der Waals surface area contributed by atoms with Gasteiger partial charge in [-0.2, -0.15) is 0 Å². The van der Waals surface area contributed by atoms with E-state index in [1.54, 1.807) is 6.20 Å². The normalized spacial score (nSPS) is 18.0. The van der Waals surface area contributed by atoms with Crippen molar-refractivity contribution in [3.05, 3.63) is 66.9 Å². The maximum absolute atomic E-state index is 12.9. The Hall–Kier alpha value is -3.06. The van der Waals surface area contributed by atoms with Crippen LogP contribution in [0, 0.1) is 0 Å². The number of carbonyl (C=O) groups is 1. The van der Waals surface area contributed by atoms with E-state index in [1.807, 2.05) is 30.3 Å². The number of rotatable bonds is 8. The third-order valence-electron chi connectivity index (χ3n) is 5.94. The molecular weight excluding hydrogens is 430 g/mol. The summed E-state index contributed by atoms with van der Waals surface area (Å²) in [4.78, 5) is 24.2. The molecule has 6 nitrogen and oxygen atoms in total. The van der Waals surface area contributed by atoms with Crippen LogP contribution in [0.4, 0.5) is 11.5 Å². The van der Waals surface area contributed by atoms with Gasteiger partial charge in [-0.3, -0.25) is 4.79 Å². The second-order valence-electron chi connectivity index (χ2n) is 8.56. The minimum Gasteiger partial charge on any atom is -0.377 e. The van der Waals surface area contributed by atoms with Gasteiger partial charge in [-0.1, -0.05) is 24.3 Å². The van der Waals surface area contributed by atoms with E-state index >= 15 is 0 Å². The average Bonchev–Trinajstić information content (AvgIpc) is 2.83. The van der Waals surface area contributed by atoms with E-state index in [1.165, 1.54) is 11.8 Å². The standard InChI is InChI=1S/C26H31N5OS/c1-4-16-33-26-21(9-7-15-27-26)25(32)29-19-13-11-18(12-14-19)28-24-17-23(31(2)3)20-8-5-6-10-22(20)30-24/h4-10,15,17-19H,1,11-14,16H2,2-3H3,(H,28,30)(H,29,32). The molecule has 0 unspecified atom stereocenters. The largest absolute Gasteiger partial charge is 0.377 e. The van der Waals surface area contributed by atoms with Crippen LogP contribution in [0.1, 0.15) is 36.0 Å². The predicted octanol–water partition coefficient (Wildman–Crippen LogP) is 5.13. The lowest BCUT2D eigenvalue weighted by Gasteiger charge is -2.30. The van der Waals surface area contributed by atoms with Crippen molar-refractivity contribution in [2.75, 3.05) is 30.1 Å². The molecule has 0 saturated heterocycles. The smallest absolute Gasteiger partial charge is 0.254 e. The van der Waals surface area contributed by atoms with E-state index in [9.17, 15) is 4.79 Å². The van der Waals surface area contributed by atoms with Crippen LogP contribution in [0.5, 0.6) is 0 Å². The van der Waals surface area contributed by atoms with Crippen molar-refractivity contribution < 1.29 is 4.79 Å². The van der Waals surface area contributed by atoms with Gasteiger partial charge in [0, 0.05) is 55.3 Å². The minimum absolute atomic E-state index is 0.0436. The maximum atomic E-state index is 12.9. The average molecular weight is 462 g/mol. The van der Waals surface area contributed by atoms with Crippen molar-refractivity contribution in [1.82, 2.24) is 15.3 Å². The zero-order chi connectivity index (χ0) is 23.2. The van der Waals surface area contributed by atoms with Gasteiger partial charge in [0.25, 0.3) is 5.91 Å². The molecule has 1 saturated carbocycles. The van der Waals surface area contributed by atoms with Crippen molar-refractivity contribution in [3.63, 3.8) is 0 Å². The summed E-state index contributed by atoms with van der Waals surface area (Å²) >= 11 is 1.53. The first-order valence-electron chi connectivity index (χ1n) is 11.4. The van der Waals surface area contributed by atoms with Gasteiger partial charge in [0.2, 0.25) is 0 Å². The molecule has 1 aliphatic rings. The number of hydrogen-bond donors (Lipinski definition) is 2. The van der Waals surface area contributed by atoms with Crippen LogP contribution in [0.25, 0.3) is 10.9 Å². The molecule has 1 fully saturated rings. The zero-order valence-corrected chi connectivity index (χ0v) is 20.1. The van der Waals surface area contributed by atoms with E-state index in [2.05, 4.69) is 59.4 Å². The van der Waals surface area contributed by atoms with Gasteiger partial charge >= 0.3 is 0 Å². The molecule has 1 amide bonds. The molecule has 2 aromatic heterocycles. The third kappa shape index (κ3) is 5.66. The third-order valence-corrected chi connectivity index (χ3v) is 6.95. The SMILES string of the molecule is C=CCSc1ncccc1C(=O)NC1CCC(Nc2cc(N(C)C)c3ccccc3n2)CC1. The summed E-state index contributed by atoms with van der Waals surface area (Å²) in [5.41, 5.74) is 2.79. The van der Waals surface area contributed by atoms with Crippen LogP contribution in [0.3, 0.4) is 0 Å². The molecule has 2 N–H and O–H groups in total. The summed E-state index contributed by atoms with van der Waals surface area (Å²) in [6.45, 7) is 3.75. The number of benzene rings is 1. The molecule has 0 atom stereocenters. The van der Waals surface area contributed by atoms with Gasteiger partial charge in [-0.05, 0) is 43.9 Å². The quantitative estimate of drug-likeness (QED) is 0.358. The van der Waals surface area contributed by atoms with Crippen LogP contribution >= 0.6 is 11.8 Å². The number of aromatic nitrogens is 2. The number of thioether (sulfide) groups is 1. The lowest BCUT2D eigenvalue weighted by atomic mass is 9.91. The lowest BCUT2D eigenvalue weighted by molar-refractivity contribution is 0.0923. The maximum Gasteiger partial charge on any atom is 0.254 e. The molecule has 2 heterocycles. The Kier molecular flexibility index (Phi) is 7.50. The highest BCUT2D eigenvalue weighted by atomic mass is 32.2. The summed E-state index contributed by atoms with van der Waals surface area (Å²) in [6, 6.07) is 14.5. The molecule has 1 aliphatic carbocycles. The Bertz CT molecular complexity index is 1120. The van der Waals surface area contributed by atoms with Crippen LogP contribution in [0.15, 0.2) is 66.3 Å². The van der Waals surface area contributed by atoms with Crippen molar-refractivity contribution in [3.8, 4) is 0 Å². The topological polar surface area (TPSA) is 70.2 Å². The molecule has 7 heteroatoms. The van der Waals surface area contributed by atoms with E-state index in [-0.39, 0.29) is 11.9 Å². The first kappa shape index (κ1) is 23.1. The van der Waals surface area contributed by atoms with E-state index in [0.29, 0.717) is 11.6 Å². The Balaban J connectivity index is 1.36. The fraction of sp³-hybridized carbons (Fsp3) is 0.346. The Morgan fingerprint density at radius 3 is 2.67 bits per heavy atom. The van der Waals surface area contributed by atoms with Crippen LogP contribution in [-0.2, 0) is 0 Å². The lowest BCUT2D eigenvalue weighted by Crippen LogP contribution is -2.40. The number of nitrogens with zero attached hydrogens (tertiary/aromatic N) is 3. The zero-order valence-electron chi connectivity index (χ0n) is 19.3. The van der Waals surface area contributed by atoms with Gasteiger partial charge in [0.1, 0.15) is 10.8 Å². The van der Waals surface area contributed by atoms with Crippen molar-refractivity contribution in [1.29, 1.82) is 0 Å². The molecule has 33 heavy (non-hydrogen) atoms. The number of amides is 1. The first-order chi connectivity index (χ1) is 16.0. The second-order valence-corrected chi connectivity index (χ2v) is 9.57. The molecule has 172 valence electrons. The van der Waals surface area contributed by atoms with Gasteiger partial charge in [-0.25, -0.2) is 9.97 Å². The summed E-state index contributed by atoms with van der Waals surface area (Å²) in [6.07, 6.45) is 7.40. The molecule has 0 radical (unpaired) electrons. The molecule has 1 aromatic carbocycles. The number of para-hydroxylation sites is 1. The van der Waals surface area contributed by atoms with Gasteiger partial charge in [0.15, 0.2) is 0 Å². The van der Waals surface area contributed by atoms with Crippen LogP contribution in [0.2, 0.25) is 0 Å². The Morgan fingerprint density at radius 1 is 1.15 bits per heavy atom. The fourth-order valence-electron chi connectivity index (χ4n) is 4.27. The van der Waals surface area contributed by atoms with E-state index < -0.39 is 0 Å². The monoisotopic (exact) mass is 461 g/mol. The summed E-state index contributed by atoms with van der Waals surface area (Å²) < 4.78 is 0. The highest BCUT2D eigenvalue weighted by molar-refractivity contribution is 7.99. The second kappa shape index (κ2) is 10.7. The number of anilines is 2. The van der Waals surface area contributed by atoms with E-state index in [4.69, 9.17) is 4.98 Å². The highest BCUT2D eigenvalue weighted by Gasteiger charge is 2.24. The van der Waals surface area contributed by atoms with E-state index in [0.717, 1.165) is 58.9 Å². The van der Waals surface area contributed by atoms with Gasteiger partial charge in [0.05, 0.1) is 11.1 Å². The molecule has 0 bridgehead atoms. The minimum atomic E-state index is -0.0436. The molecule has 0 aliphatic heterocycles. The Morgan fingerprint density at radius 2 is 1.91 bits per heavy atom. The number of carbonyl (C=O) groups excluding carboxylic acids is 1. The molecular formula is C26H31N5OS. The molecule has 3 aromatic rings. The van der Waals surface area contributed by atoms with Gasteiger partial charge in [-0.15, -0.1) is 18.3 Å². The summed E-state index contributed by atoms with van der Waals surface area (Å²) in [5, 5.41) is 8.76. The number of nitrogens with one attached hydrogen (secondary N) is 2. The van der Waals surface area contributed by atoms with Crippen molar-refractivity contribution in [2.24, 2.45) is 0 Å². The predicted molar refractivity (Wildman–Crippen MR) is 138 cm³/mol. The van der Waals surface area contributed by atoms with Crippen LogP contribution in [-0.4, -0.2) is 47.8 Å². The highest BCUT2D eigenvalue weighted by Crippen LogP contribution is 2.29. The van der Waals surface area contributed by atoms with Crippen LogP contribution < -0.4 is 15.5 Å². The number of pyridine rings is 2. The molecule has 4 rings (SSSR count). The first-order valence-corrected chi connectivity index (χ1v) is 12.4. The number of hydrogen-bond acceptors (Lipinski definition) is 6. The van der Waals surface area contributed by atoms with Gasteiger partial charge < -0.3 is 15.5 Å². The summed E-state index contributed by atoms with van der Waals surface area (Å²) in [5.74, 6) is 1.59. The van der Waals surface area contributed by atoms with Crippen molar-refractivity contribution >= 4 is 40.1 Å². The molecule has 0 spiro atoms. The fourth-order valence-corrected chi connectivity index (χ4v) is 5.00. The Labute approximate surface area is 199 Å². The summed E-state index contributed by atoms with van der Waals surface area (Å²) in [7, 11) is 4.12. The van der Waals surface area contributed by atoms with Crippen molar-refractivity contribution in [2.45, 2.75) is 42.8 Å².